The standard InChI is InChI=1S/C10H16O3/c1-7(11)10(2,13)8-5-3-4-6-9(8)12/h8,13H,3-6H2,1-2H3/t8?,10-/m0/s1. The summed E-state index contributed by atoms with van der Waals surface area (Å²) in [4.78, 5) is 22.5. The van der Waals surface area contributed by atoms with Crippen molar-refractivity contribution in [3.05, 3.63) is 0 Å². The van der Waals surface area contributed by atoms with Crippen molar-refractivity contribution >= 4 is 11.6 Å². The molecule has 0 saturated heterocycles. The van der Waals surface area contributed by atoms with Crippen LogP contribution in [0.1, 0.15) is 39.5 Å². The minimum Gasteiger partial charge on any atom is -0.382 e. The van der Waals surface area contributed by atoms with Crippen molar-refractivity contribution in [3.63, 3.8) is 0 Å². The molecule has 1 saturated carbocycles. The first-order chi connectivity index (χ1) is 5.96. The van der Waals surface area contributed by atoms with E-state index >= 15 is 0 Å². The fourth-order valence-electron chi connectivity index (χ4n) is 1.82. The highest BCUT2D eigenvalue weighted by atomic mass is 16.3. The van der Waals surface area contributed by atoms with Crippen LogP contribution in [0, 0.1) is 5.92 Å². The number of hydrogen-bond acceptors (Lipinski definition) is 3. The second-order valence-electron chi connectivity index (χ2n) is 3.97. The quantitative estimate of drug-likeness (QED) is 0.698. The molecule has 3 heteroatoms. The van der Waals surface area contributed by atoms with E-state index in [1.165, 1.54) is 13.8 Å². The van der Waals surface area contributed by atoms with E-state index in [-0.39, 0.29) is 11.6 Å². The van der Waals surface area contributed by atoms with Crippen molar-refractivity contribution in [3.8, 4) is 0 Å². The predicted octanol–water partition coefficient (Wildman–Crippen LogP) is 1.09. The van der Waals surface area contributed by atoms with E-state index < -0.39 is 11.5 Å². The minimum atomic E-state index is -1.45. The van der Waals surface area contributed by atoms with E-state index in [9.17, 15) is 14.7 Å². The monoisotopic (exact) mass is 184 g/mol. The maximum Gasteiger partial charge on any atom is 0.161 e. The summed E-state index contributed by atoms with van der Waals surface area (Å²) in [7, 11) is 0. The third-order valence-electron chi connectivity index (χ3n) is 2.95. The van der Waals surface area contributed by atoms with Crippen molar-refractivity contribution in [1.82, 2.24) is 0 Å². The molecule has 0 bridgehead atoms. The lowest BCUT2D eigenvalue weighted by atomic mass is 9.75. The molecule has 1 fully saturated rings. The molecule has 74 valence electrons. The Morgan fingerprint density at radius 3 is 2.62 bits per heavy atom. The van der Waals surface area contributed by atoms with Gasteiger partial charge in [0.2, 0.25) is 0 Å². The van der Waals surface area contributed by atoms with E-state index in [1.54, 1.807) is 0 Å². The summed E-state index contributed by atoms with van der Waals surface area (Å²) in [5.74, 6) is -0.752. The van der Waals surface area contributed by atoms with Gasteiger partial charge in [0.25, 0.3) is 0 Å². The molecule has 1 unspecified atom stereocenters. The van der Waals surface area contributed by atoms with E-state index in [1.807, 2.05) is 0 Å². The first-order valence-electron chi connectivity index (χ1n) is 4.72. The second-order valence-corrected chi connectivity index (χ2v) is 3.97. The highest BCUT2D eigenvalue weighted by Crippen LogP contribution is 2.30. The van der Waals surface area contributed by atoms with Gasteiger partial charge in [-0.3, -0.25) is 9.59 Å². The molecule has 1 N–H and O–H groups in total. The first kappa shape index (κ1) is 10.4. The van der Waals surface area contributed by atoms with Gasteiger partial charge in [0.15, 0.2) is 5.78 Å². The molecule has 2 atom stereocenters. The Balaban J connectivity index is 2.79. The summed E-state index contributed by atoms with van der Waals surface area (Å²) in [5, 5.41) is 9.82. The summed E-state index contributed by atoms with van der Waals surface area (Å²) in [6.07, 6.45) is 2.97. The maximum atomic E-state index is 11.4. The zero-order valence-electron chi connectivity index (χ0n) is 8.17. The molecular weight excluding hydrogens is 168 g/mol. The minimum absolute atomic E-state index is 0.0338. The fourth-order valence-corrected chi connectivity index (χ4v) is 1.82. The zero-order valence-corrected chi connectivity index (χ0v) is 8.17. The van der Waals surface area contributed by atoms with Crippen LogP contribution < -0.4 is 0 Å². The van der Waals surface area contributed by atoms with E-state index in [2.05, 4.69) is 0 Å². The largest absolute Gasteiger partial charge is 0.382 e. The average Bonchev–Trinajstić information content (AvgIpc) is 2.04. The first-order valence-corrected chi connectivity index (χ1v) is 4.72. The highest BCUT2D eigenvalue weighted by molar-refractivity contribution is 5.93. The Labute approximate surface area is 78.1 Å². The van der Waals surface area contributed by atoms with Crippen molar-refractivity contribution < 1.29 is 14.7 Å². The van der Waals surface area contributed by atoms with Crippen LogP contribution in [0.2, 0.25) is 0 Å². The van der Waals surface area contributed by atoms with Crippen LogP contribution in [0.25, 0.3) is 0 Å². The summed E-state index contributed by atoms with van der Waals surface area (Å²) in [6, 6.07) is 0. The van der Waals surface area contributed by atoms with Crippen LogP contribution in [0.3, 0.4) is 0 Å². The van der Waals surface area contributed by atoms with Gasteiger partial charge in [0.05, 0.1) is 5.92 Å². The maximum absolute atomic E-state index is 11.4. The van der Waals surface area contributed by atoms with Gasteiger partial charge >= 0.3 is 0 Å². The molecule has 0 heterocycles. The third-order valence-corrected chi connectivity index (χ3v) is 2.95. The van der Waals surface area contributed by atoms with E-state index in [4.69, 9.17) is 0 Å². The topological polar surface area (TPSA) is 54.4 Å². The molecular formula is C10H16O3. The third kappa shape index (κ3) is 1.97. The molecule has 0 aromatic carbocycles. The molecule has 1 aliphatic carbocycles. The SMILES string of the molecule is CC(=O)[C@](C)(O)C1CCCCC1=O. The molecule has 3 nitrogen and oxygen atoms in total. The Kier molecular flexibility index (Phi) is 2.86. The smallest absolute Gasteiger partial charge is 0.161 e. The Hall–Kier alpha value is -0.700. The Morgan fingerprint density at radius 2 is 2.15 bits per heavy atom. The number of Topliss-reactive ketones (excluding diaryl/α,β-unsaturated/α-hetero) is 2. The van der Waals surface area contributed by atoms with Crippen molar-refractivity contribution in [2.24, 2.45) is 5.92 Å². The Bertz CT molecular complexity index is 230. The highest BCUT2D eigenvalue weighted by Gasteiger charge is 2.41. The number of rotatable bonds is 2. The molecule has 0 aromatic heterocycles. The van der Waals surface area contributed by atoms with E-state index in [0.29, 0.717) is 12.8 Å². The van der Waals surface area contributed by atoms with Crippen LogP contribution in [0.4, 0.5) is 0 Å². The molecule has 1 aliphatic rings. The zero-order chi connectivity index (χ0) is 10.1. The molecule has 0 aliphatic heterocycles. The van der Waals surface area contributed by atoms with Gasteiger partial charge < -0.3 is 5.11 Å². The lowest BCUT2D eigenvalue weighted by molar-refractivity contribution is -0.148. The number of carbonyl (C=O) groups excluding carboxylic acids is 2. The summed E-state index contributed by atoms with van der Waals surface area (Å²) in [6.45, 7) is 2.78. The summed E-state index contributed by atoms with van der Waals surface area (Å²) < 4.78 is 0. The van der Waals surface area contributed by atoms with Crippen molar-refractivity contribution in [1.29, 1.82) is 0 Å². The number of aliphatic hydroxyl groups is 1. The molecule has 0 aromatic rings. The normalized spacial score (nSPS) is 28.2. The van der Waals surface area contributed by atoms with Crippen LogP contribution in [0.5, 0.6) is 0 Å². The number of ketones is 2. The Morgan fingerprint density at radius 1 is 1.54 bits per heavy atom. The lowest BCUT2D eigenvalue weighted by Crippen LogP contribution is -2.46. The second kappa shape index (κ2) is 3.58. The lowest BCUT2D eigenvalue weighted by Gasteiger charge is -2.32. The van der Waals surface area contributed by atoms with Crippen molar-refractivity contribution in [2.45, 2.75) is 45.1 Å². The summed E-state index contributed by atoms with van der Waals surface area (Å²) >= 11 is 0. The van der Waals surface area contributed by atoms with Gasteiger partial charge in [-0.25, -0.2) is 0 Å². The molecule has 13 heavy (non-hydrogen) atoms. The van der Waals surface area contributed by atoms with Gasteiger partial charge in [-0.2, -0.15) is 0 Å². The van der Waals surface area contributed by atoms with Gasteiger partial charge in [-0.05, 0) is 26.7 Å². The molecule has 1 rings (SSSR count). The molecule has 0 amide bonds. The van der Waals surface area contributed by atoms with E-state index in [0.717, 1.165) is 12.8 Å². The van der Waals surface area contributed by atoms with Gasteiger partial charge in [0, 0.05) is 6.42 Å². The van der Waals surface area contributed by atoms with Crippen LogP contribution in [-0.2, 0) is 9.59 Å². The molecule has 0 radical (unpaired) electrons. The van der Waals surface area contributed by atoms with Gasteiger partial charge in [0.1, 0.15) is 11.4 Å². The van der Waals surface area contributed by atoms with Crippen LogP contribution >= 0.6 is 0 Å². The van der Waals surface area contributed by atoms with Gasteiger partial charge in [-0.15, -0.1) is 0 Å². The van der Waals surface area contributed by atoms with Crippen LogP contribution in [0.15, 0.2) is 0 Å². The number of hydrogen-bond donors (Lipinski definition) is 1. The fraction of sp³-hybridized carbons (Fsp3) is 0.800. The number of carbonyl (C=O) groups is 2. The summed E-state index contributed by atoms with van der Waals surface area (Å²) in [5.41, 5.74) is -1.45. The average molecular weight is 184 g/mol. The van der Waals surface area contributed by atoms with Crippen LogP contribution in [-0.4, -0.2) is 22.3 Å². The predicted molar refractivity (Wildman–Crippen MR) is 48.3 cm³/mol. The van der Waals surface area contributed by atoms with Crippen molar-refractivity contribution in [2.75, 3.05) is 0 Å². The molecule has 0 spiro atoms. The van der Waals surface area contributed by atoms with Gasteiger partial charge in [-0.1, -0.05) is 6.42 Å².